The molecular formula is C25H28BrN3Te. The first-order valence-electron chi connectivity index (χ1n) is 9.81. The van der Waals surface area contributed by atoms with Crippen molar-refractivity contribution >= 4 is 40.6 Å². The molecule has 1 aliphatic carbocycles. The number of hydrogen-bond acceptors (Lipinski definition) is 2. The molecule has 0 atom stereocenters. The molecule has 0 amide bonds. The smallest absolute Gasteiger partial charge is 1.00 e. The number of rotatable bonds is 3. The molecule has 0 fully saturated rings. The Morgan fingerprint density at radius 1 is 0.767 bits per heavy atom. The van der Waals surface area contributed by atoms with E-state index < -0.39 is 20.4 Å². The molecule has 2 aromatic rings. The van der Waals surface area contributed by atoms with Crippen molar-refractivity contribution in [2.24, 2.45) is 0 Å². The Labute approximate surface area is 199 Å². The summed E-state index contributed by atoms with van der Waals surface area (Å²) < 4.78 is 5.25. The molecule has 1 heterocycles. The van der Waals surface area contributed by atoms with Crippen LogP contribution in [-0.4, -0.2) is 62.7 Å². The van der Waals surface area contributed by atoms with Crippen molar-refractivity contribution in [3.63, 3.8) is 0 Å². The van der Waals surface area contributed by atoms with Crippen LogP contribution in [0.2, 0.25) is 0 Å². The summed E-state index contributed by atoms with van der Waals surface area (Å²) in [4.78, 5) is 4.37. The largest absolute Gasteiger partial charge is 1.00 e. The van der Waals surface area contributed by atoms with Crippen LogP contribution in [0.4, 0.5) is 11.4 Å². The van der Waals surface area contributed by atoms with E-state index >= 15 is 0 Å². The summed E-state index contributed by atoms with van der Waals surface area (Å²) in [6.45, 7) is 0. The normalized spacial score (nSPS) is 10.7. The fourth-order valence-electron chi connectivity index (χ4n) is 3.67. The van der Waals surface area contributed by atoms with Crippen molar-refractivity contribution < 1.29 is 17.0 Å². The molecule has 2 aromatic carbocycles. The summed E-state index contributed by atoms with van der Waals surface area (Å²) in [6.07, 6.45) is 0. The fraction of sp³-hybridized carbons (Fsp3) is 0.240. The molecule has 5 heteroatoms. The van der Waals surface area contributed by atoms with E-state index in [2.05, 4.69) is 117 Å². The summed E-state index contributed by atoms with van der Waals surface area (Å²) in [7, 11) is 12.7. The number of hydrogen-bond donors (Lipinski definition) is 0. The van der Waals surface area contributed by atoms with Crippen LogP contribution < -0.4 is 36.7 Å². The first kappa shape index (κ1) is 22.9. The molecule has 2 aliphatic rings. The number of halogens is 1. The molecule has 0 N–H and O–H groups in total. The summed E-state index contributed by atoms with van der Waals surface area (Å²) in [5, 5.41) is 2.68. The quantitative estimate of drug-likeness (QED) is 0.203. The maximum Gasteiger partial charge on any atom is -1.00 e. The molecule has 1 aliphatic heterocycles. The molecule has 0 bridgehead atoms. The van der Waals surface area contributed by atoms with Gasteiger partial charge in [-0.1, -0.05) is 0 Å². The maximum atomic E-state index is 2.40. The van der Waals surface area contributed by atoms with Gasteiger partial charge in [-0.2, -0.15) is 0 Å². The number of nitrogens with zero attached hydrogens (tertiary/aromatic N) is 3. The Morgan fingerprint density at radius 2 is 1.47 bits per heavy atom. The van der Waals surface area contributed by atoms with Crippen LogP contribution >= 0.6 is 0 Å². The minimum atomic E-state index is -0.451. The molecule has 0 spiro atoms. The van der Waals surface area contributed by atoms with E-state index in [0.29, 0.717) is 0 Å². The van der Waals surface area contributed by atoms with Gasteiger partial charge in [-0.15, -0.1) is 0 Å². The van der Waals surface area contributed by atoms with E-state index in [1.54, 1.807) is 0 Å². The standard InChI is InChI=1S/C25H28N3Te.BrH/c1-26(2)18-9-7-8-17(14-18)25-21-12-10-19(27(3)4)15-23(21)29-24-16-20(28(5)6)11-13-22(24)25;/h7-16H,1-6H3;1H/q+1;/p-1. The number of anilines is 2. The predicted octanol–water partition coefficient (Wildman–Crippen LogP) is 0.836. The van der Waals surface area contributed by atoms with Gasteiger partial charge in [0.25, 0.3) is 0 Å². The van der Waals surface area contributed by atoms with E-state index in [9.17, 15) is 0 Å². The minimum Gasteiger partial charge on any atom is -1.00 e. The zero-order chi connectivity index (χ0) is 20.7. The van der Waals surface area contributed by atoms with Crippen LogP contribution in [0.3, 0.4) is 0 Å². The summed E-state index contributed by atoms with van der Waals surface area (Å²) in [6, 6.07) is 22.9. The molecule has 156 valence electrons. The van der Waals surface area contributed by atoms with Gasteiger partial charge in [-0.25, -0.2) is 0 Å². The van der Waals surface area contributed by atoms with Crippen molar-refractivity contribution in [3.8, 4) is 20.3 Å². The van der Waals surface area contributed by atoms with Crippen LogP contribution in [0.5, 0.6) is 0 Å². The average molecular weight is 578 g/mol. The first-order chi connectivity index (χ1) is 13.8. The molecule has 0 unspecified atom stereocenters. The number of benzene rings is 3. The molecule has 0 aromatic heterocycles. The topological polar surface area (TPSA) is 9.49 Å². The maximum absolute atomic E-state index is 2.40. The van der Waals surface area contributed by atoms with Gasteiger partial charge in [-0.3, -0.25) is 0 Å². The summed E-state index contributed by atoms with van der Waals surface area (Å²) in [5.41, 5.74) is 6.57. The van der Waals surface area contributed by atoms with E-state index in [1.165, 1.54) is 45.8 Å². The van der Waals surface area contributed by atoms with E-state index in [1.807, 2.05) is 0 Å². The third-order valence-corrected chi connectivity index (χ3v) is 8.56. The zero-order valence-corrected chi connectivity index (χ0v) is 22.3. The van der Waals surface area contributed by atoms with Crippen molar-refractivity contribution in [1.29, 1.82) is 0 Å². The molecule has 0 saturated carbocycles. The Balaban J connectivity index is 0.00000256. The van der Waals surface area contributed by atoms with Crippen molar-refractivity contribution in [2.75, 3.05) is 52.1 Å². The van der Waals surface area contributed by atoms with E-state index in [4.69, 9.17) is 0 Å². The van der Waals surface area contributed by atoms with Gasteiger partial charge in [-0.05, 0) is 0 Å². The van der Waals surface area contributed by atoms with Crippen LogP contribution in [-0.2, 0) is 0 Å². The average Bonchev–Trinajstić information content (AvgIpc) is 2.71. The van der Waals surface area contributed by atoms with Crippen LogP contribution in [0.1, 0.15) is 0 Å². The third kappa shape index (κ3) is 4.30. The van der Waals surface area contributed by atoms with E-state index in [0.717, 1.165) is 0 Å². The second-order valence-electron chi connectivity index (χ2n) is 8.07. The van der Waals surface area contributed by atoms with Gasteiger partial charge >= 0.3 is 184 Å². The van der Waals surface area contributed by atoms with Crippen molar-refractivity contribution in [1.82, 2.24) is 4.58 Å². The zero-order valence-electron chi connectivity index (χ0n) is 18.4. The Bertz CT molecular complexity index is 1240. The van der Waals surface area contributed by atoms with E-state index in [-0.39, 0.29) is 17.0 Å². The molecule has 0 saturated heterocycles. The third-order valence-electron chi connectivity index (χ3n) is 5.37. The second-order valence-corrected chi connectivity index (χ2v) is 11.2. The summed E-state index contributed by atoms with van der Waals surface area (Å²) in [5.74, 6) is 0. The molecule has 4 rings (SSSR count). The Kier molecular flexibility index (Phi) is 6.97. The van der Waals surface area contributed by atoms with Gasteiger partial charge in [0.05, 0.1) is 0 Å². The summed E-state index contributed by atoms with van der Waals surface area (Å²) >= 11 is -0.451. The molecule has 0 radical (unpaired) electrons. The van der Waals surface area contributed by atoms with Gasteiger partial charge < -0.3 is 17.0 Å². The monoisotopic (exact) mass is 579 g/mol. The van der Waals surface area contributed by atoms with Crippen molar-refractivity contribution in [3.05, 3.63) is 66.0 Å². The van der Waals surface area contributed by atoms with Gasteiger partial charge in [0.2, 0.25) is 0 Å². The second kappa shape index (κ2) is 9.14. The van der Waals surface area contributed by atoms with Crippen LogP contribution in [0.25, 0.3) is 29.1 Å². The Morgan fingerprint density at radius 3 is 2.13 bits per heavy atom. The van der Waals surface area contributed by atoms with Crippen LogP contribution in [0.15, 0.2) is 60.7 Å². The molecule has 3 nitrogen and oxygen atoms in total. The molecular weight excluding hydrogens is 550 g/mol. The SMILES string of the molecule is CN(C)c1cccc(-c2c3ccc(=[N+](C)C)cc-3[te]c3cc(N(C)C)ccc23)c1.[Br-]. The minimum absolute atomic E-state index is 0. The molecule has 30 heavy (non-hydrogen) atoms. The first-order valence-corrected chi connectivity index (χ1v) is 12.1. The predicted molar refractivity (Wildman–Crippen MR) is 129 cm³/mol. The van der Waals surface area contributed by atoms with Crippen molar-refractivity contribution in [2.45, 2.75) is 0 Å². The van der Waals surface area contributed by atoms with Gasteiger partial charge in [0.15, 0.2) is 0 Å². The van der Waals surface area contributed by atoms with Crippen LogP contribution in [0, 0.1) is 0 Å². The fourth-order valence-corrected chi connectivity index (χ4v) is 6.97. The number of fused-ring (bicyclic) bond motifs is 2. The van der Waals surface area contributed by atoms with Gasteiger partial charge in [0, 0.05) is 0 Å². The Hall–Kier alpha value is -1.80. The van der Waals surface area contributed by atoms with Gasteiger partial charge in [0.1, 0.15) is 0 Å².